The summed E-state index contributed by atoms with van der Waals surface area (Å²) in [4.78, 5) is 10.9. The molecule has 3 atom stereocenters. The van der Waals surface area contributed by atoms with E-state index in [9.17, 15) is 4.79 Å². The summed E-state index contributed by atoms with van der Waals surface area (Å²) in [6.45, 7) is 2.06. The Morgan fingerprint density at radius 1 is 1.36 bits per heavy atom. The first-order valence-electron chi connectivity index (χ1n) is 4.84. The maximum absolute atomic E-state index is 10.9. The fourth-order valence-corrected chi connectivity index (χ4v) is 5.40. The molecule has 3 unspecified atom stereocenters. The molecule has 1 heterocycles. The van der Waals surface area contributed by atoms with Gasteiger partial charge in [-0.3, -0.25) is 4.79 Å². The average molecular weight is 230 g/mol. The number of allylic oxidation sites excluding steroid dienone is 1. The lowest BCUT2D eigenvalue weighted by Crippen LogP contribution is -2.24. The number of hydrogen-bond acceptors (Lipinski definition) is 3. The minimum atomic E-state index is -0.677. The van der Waals surface area contributed by atoms with Crippen LogP contribution >= 0.6 is 23.5 Å². The van der Waals surface area contributed by atoms with Crippen LogP contribution in [0.4, 0.5) is 0 Å². The van der Waals surface area contributed by atoms with E-state index in [2.05, 4.69) is 13.0 Å². The lowest BCUT2D eigenvalue weighted by Gasteiger charge is -2.22. The minimum Gasteiger partial charge on any atom is -0.481 e. The molecular formula is C10H14O2S2. The van der Waals surface area contributed by atoms with E-state index >= 15 is 0 Å². The molecule has 4 heteroatoms. The summed E-state index contributed by atoms with van der Waals surface area (Å²) < 4.78 is 0.589. The molecule has 0 spiro atoms. The van der Waals surface area contributed by atoms with Crippen LogP contribution in [0.15, 0.2) is 12.2 Å². The number of carboxylic acids is 1. The highest BCUT2D eigenvalue weighted by Crippen LogP contribution is 2.45. The second-order valence-electron chi connectivity index (χ2n) is 3.80. The second kappa shape index (κ2) is 4.19. The minimum absolute atomic E-state index is 0.260. The van der Waals surface area contributed by atoms with E-state index in [1.54, 1.807) is 0 Å². The Morgan fingerprint density at radius 2 is 2.00 bits per heavy atom. The molecule has 2 aliphatic rings. The first kappa shape index (κ1) is 10.4. The third-order valence-corrected chi connectivity index (χ3v) is 6.20. The molecule has 0 radical (unpaired) electrons. The van der Waals surface area contributed by atoms with Crippen LogP contribution in [-0.4, -0.2) is 27.2 Å². The predicted molar refractivity (Wildman–Crippen MR) is 61.6 cm³/mol. The Kier molecular flexibility index (Phi) is 3.12. The first-order valence-corrected chi connectivity index (χ1v) is 6.94. The molecule has 0 saturated carbocycles. The van der Waals surface area contributed by atoms with Crippen molar-refractivity contribution >= 4 is 29.5 Å². The molecule has 14 heavy (non-hydrogen) atoms. The number of thioether (sulfide) groups is 2. The number of hydrogen-bond donors (Lipinski definition) is 1. The lowest BCUT2D eigenvalue weighted by molar-refractivity contribution is -0.141. The number of carbonyl (C=O) groups is 1. The number of rotatable bonds is 2. The molecule has 2 nitrogen and oxygen atoms in total. The molecule has 78 valence electrons. The van der Waals surface area contributed by atoms with Crippen LogP contribution in [0.1, 0.15) is 6.92 Å². The summed E-state index contributed by atoms with van der Waals surface area (Å²) >= 11 is 3.95. The van der Waals surface area contributed by atoms with Gasteiger partial charge in [0.2, 0.25) is 0 Å². The van der Waals surface area contributed by atoms with Gasteiger partial charge in [-0.25, -0.2) is 0 Å². The zero-order chi connectivity index (χ0) is 10.1. The Hall–Kier alpha value is -0.0900. The molecule has 1 fully saturated rings. The van der Waals surface area contributed by atoms with E-state index in [0.717, 1.165) is 0 Å². The van der Waals surface area contributed by atoms with Crippen LogP contribution in [0.2, 0.25) is 0 Å². The molecule has 1 aliphatic carbocycles. The average Bonchev–Trinajstić information content (AvgIpc) is 2.71. The van der Waals surface area contributed by atoms with Crippen molar-refractivity contribution in [2.75, 3.05) is 11.5 Å². The van der Waals surface area contributed by atoms with E-state index in [4.69, 9.17) is 5.11 Å². The van der Waals surface area contributed by atoms with Gasteiger partial charge in [0.05, 0.1) is 10.5 Å². The topological polar surface area (TPSA) is 37.3 Å². The van der Waals surface area contributed by atoms with Crippen LogP contribution in [0.3, 0.4) is 0 Å². The standard InChI is InChI=1S/C10H14O2S2/c1-6-7(9(11)12)2-3-8(6)10-13-4-5-14-10/h2-3,6-8,10H,4-5H2,1H3,(H,11,12). The van der Waals surface area contributed by atoms with Crippen molar-refractivity contribution in [1.29, 1.82) is 0 Å². The third-order valence-electron chi connectivity index (χ3n) is 2.96. The van der Waals surface area contributed by atoms with Gasteiger partial charge in [-0.15, -0.1) is 23.5 Å². The van der Waals surface area contributed by atoms with Crippen molar-refractivity contribution in [3.05, 3.63) is 12.2 Å². The van der Waals surface area contributed by atoms with Crippen LogP contribution in [0.5, 0.6) is 0 Å². The molecule has 1 N–H and O–H groups in total. The Balaban J connectivity index is 2.03. The molecule has 0 amide bonds. The Morgan fingerprint density at radius 3 is 2.50 bits per heavy atom. The van der Waals surface area contributed by atoms with Crippen molar-refractivity contribution in [1.82, 2.24) is 0 Å². The van der Waals surface area contributed by atoms with E-state index < -0.39 is 5.97 Å². The van der Waals surface area contributed by atoms with E-state index in [1.807, 2.05) is 29.6 Å². The molecule has 0 bridgehead atoms. The van der Waals surface area contributed by atoms with Gasteiger partial charge < -0.3 is 5.11 Å². The van der Waals surface area contributed by atoms with Gasteiger partial charge in [-0.05, 0) is 5.92 Å². The largest absolute Gasteiger partial charge is 0.481 e. The smallest absolute Gasteiger partial charge is 0.310 e. The zero-order valence-corrected chi connectivity index (χ0v) is 9.68. The quantitative estimate of drug-likeness (QED) is 0.739. The van der Waals surface area contributed by atoms with E-state index in [1.165, 1.54) is 11.5 Å². The first-order chi connectivity index (χ1) is 6.70. The van der Waals surface area contributed by atoms with Gasteiger partial charge in [0.15, 0.2) is 0 Å². The van der Waals surface area contributed by atoms with Gasteiger partial charge in [-0.1, -0.05) is 19.1 Å². The van der Waals surface area contributed by atoms with Gasteiger partial charge in [0, 0.05) is 17.4 Å². The summed E-state index contributed by atoms with van der Waals surface area (Å²) in [6.07, 6.45) is 3.98. The normalized spacial score (nSPS) is 37.9. The molecule has 1 saturated heterocycles. The van der Waals surface area contributed by atoms with Gasteiger partial charge in [0.1, 0.15) is 0 Å². The SMILES string of the molecule is CC1C(C(=O)O)C=CC1C1SCCS1. The fraction of sp³-hybridized carbons (Fsp3) is 0.700. The van der Waals surface area contributed by atoms with Crippen LogP contribution in [-0.2, 0) is 4.79 Å². The molecule has 2 rings (SSSR count). The summed E-state index contributed by atoms with van der Waals surface area (Å²) in [5.41, 5.74) is 0. The summed E-state index contributed by atoms with van der Waals surface area (Å²) in [5, 5.41) is 8.98. The van der Waals surface area contributed by atoms with Gasteiger partial charge in [0.25, 0.3) is 0 Å². The monoisotopic (exact) mass is 230 g/mol. The maximum Gasteiger partial charge on any atom is 0.310 e. The van der Waals surface area contributed by atoms with Crippen LogP contribution in [0.25, 0.3) is 0 Å². The number of carboxylic acid groups (broad SMARTS) is 1. The Labute approximate surface area is 92.5 Å². The summed E-state index contributed by atoms with van der Waals surface area (Å²) in [7, 11) is 0. The predicted octanol–water partition coefficient (Wildman–Crippen LogP) is 2.32. The molecule has 0 aromatic carbocycles. The van der Waals surface area contributed by atoms with Crippen molar-refractivity contribution < 1.29 is 9.90 Å². The highest BCUT2D eigenvalue weighted by molar-refractivity contribution is 8.20. The highest BCUT2D eigenvalue weighted by Gasteiger charge is 2.38. The van der Waals surface area contributed by atoms with Crippen molar-refractivity contribution in [2.45, 2.75) is 11.5 Å². The fourth-order valence-electron chi connectivity index (χ4n) is 2.08. The van der Waals surface area contributed by atoms with E-state index in [-0.39, 0.29) is 11.8 Å². The molecular weight excluding hydrogens is 216 g/mol. The molecule has 0 aromatic heterocycles. The highest BCUT2D eigenvalue weighted by atomic mass is 32.2. The van der Waals surface area contributed by atoms with Gasteiger partial charge >= 0.3 is 5.97 Å². The molecule has 0 aromatic rings. The second-order valence-corrected chi connectivity index (χ2v) is 6.59. The Bertz CT molecular complexity index is 259. The van der Waals surface area contributed by atoms with E-state index in [0.29, 0.717) is 10.5 Å². The van der Waals surface area contributed by atoms with Crippen molar-refractivity contribution in [3.63, 3.8) is 0 Å². The molecule has 1 aliphatic heterocycles. The summed E-state index contributed by atoms with van der Waals surface area (Å²) in [6, 6.07) is 0. The zero-order valence-electron chi connectivity index (χ0n) is 8.05. The lowest BCUT2D eigenvalue weighted by atomic mass is 9.91. The summed E-state index contributed by atoms with van der Waals surface area (Å²) in [5.74, 6) is 2.20. The van der Waals surface area contributed by atoms with Crippen molar-refractivity contribution in [2.24, 2.45) is 17.8 Å². The van der Waals surface area contributed by atoms with Crippen LogP contribution < -0.4 is 0 Å². The van der Waals surface area contributed by atoms with Crippen LogP contribution in [0, 0.1) is 17.8 Å². The van der Waals surface area contributed by atoms with Crippen molar-refractivity contribution in [3.8, 4) is 0 Å². The number of aliphatic carboxylic acids is 1. The van der Waals surface area contributed by atoms with Gasteiger partial charge in [-0.2, -0.15) is 0 Å². The maximum atomic E-state index is 10.9. The third kappa shape index (κ3) is 1.82.